The number of hydrogen-bond donors (Lipinski definition) is 0. The van der Waals surface area contributed by atoms with E-state index in [1.54, 1.807) is 18.6 Å². The van der Waals surface area contributed by atoms with Crippen LogP contribution in [0.15, 0.2) is 24.7 Å². The molecule has 0 spiro atoms. The first-order valence-corrected chi connectivity index (χ1v) is 4.27. The molecule has 0 radical (unpaired) electrons. The maximum absolute atomic E-state index is 11.2. The molecule has 0 saturated heterocycles. The molecule has 0 aromatic carbocycles. The molecule has 4 nitrogen and oxygen atoms in total. The monoisotopic (exact) mass is 190 g/mol. The minimum Gasteiger partial charge on any atom is -0.452 e. The summed E-state index contributed by atoms with van der Waals surface area (Å²) in [4.78, 5) is 16.7. The highest BCUT2D eigenvalue weighted by Crippen LogP contribution is 2.18. The molecule has 0 unspecified atom stereocenters. The van der Waals surface area contributed by atoms with Gasteiger partial charge >= 0.3 is 6.09 Å². The van der Waals surface area contributed by atoms with Crippen LogP contribution in [-0.4, -0.2) is 23.1 Å². The van der Waals surface area contributed by atoms with Gasteiger partial charge in [0.15, 0.2) is 0 Å². The van der Waals surface area contributed by atoms with Crippen LogP contribution in [0.4, 0.5) is 4.79 Å². The van der Waals surface area contributed by atoms with Gasteiger partial charge in [0, 0.05) is 18.6 Å². The molecule has 2 heterocycles. The van der Waals surface area contributed by atoms with Gasteiger partial charge in [0.05, 0.1) is 13.7 Å². The SMILES string of the molecule is COC(=O)N1C=Cc2ccncc2C1. The first-order chi connectivity index (χ1) is 6.81. The number of aromatic nitrogens is 1. The average Bonchev–Trinajstić information content (AvgIpc) is 2.27. The Bertz CT molecular complexity index is 387. The summed E-state index contributed by atoms with van der Waals surface area (Å²) in [5.41, 5.74) is 2.13. The first-order valence-electron chi connectivity index (χ1n) is 4.27. The van der Waals surface area contributed by atoms with Crippen LogP contribution in [0.5, 0.6) is 0 Å². The number of nitrogens with zero attached hydrogens (tertiary/aromatic N) is 2. The number of amides is 1. The fourth-order valence-electron chi connectivity index (χ4n) is 1.38. The van der Waals surface area contributed by atoms with E-state index in [0.717, 1.165) is 11.1 Å². The number of hydrogen-bond acceptors (Lipinski definition) is 3. The maximum atomic E-state index is 11.2. The lowest BCUT2D eigenvalue weighted by Gasteiger charge is -2.21. The Morgan fingerprint density at radius 1 is 1.64 bits per heavy atom. The summed E-state index contributed by atoms with van der Waals surface area (Å²) in [6, 6.07) is 1.92. The second-order valence-corrected chi connectivity index (χ2v) is 2.99. The third-order valence-electron chi connectivity index (χ3n) is 2.13. The van der Waals surface area contributed by atoms with Gasteiger partial charge < -0.3 is 4.74 Å². The predicted molar refractivity (Wildman–Crippen MR) is 51.2 cm³/mol. The summed E-state index contributed by atoms with van der Waals surface area (Å²) in [5, 5.41) is 0. The molecule has 4 heteroatoms. The Hall–Kier alpha value is -1.84. The van der Waals surface area contributed by atoms with Crippen molar-refractivity contribution in [2.45, 2.75) is 6.54 Å². The van der Waals surface area contributed by atoms with Crippen molar-refractivity contribution in [1.82, 2.24) is 9.88 Å². The van der Waals surface area contributed by atoms with Gasteiger partial charge in [0.25, 0.3) is 0 Å². The number of methoxy groups -OCH3 is 1. The molecule has 1 aliphatic rings. The first kappa shape index (κ1) is 8.74. The van der Waals surface area contributed by atoms with Gasteiger partial charge in [-0.05, 0) is 23.3 Å². The summed E-state index contributed by atoms with van der Waals surface area (Å²) in [6.45, 7) is 0.520. The smallest absolute Gasteiger partial charge is 0.413 e. The second-order valence-electron chi connectivity index (χ2n) is 2.99. The molecule has 1 aromatic heterocycles. The number of ether oxygens (including phenoxy) is 1. The van der Waals surface area contributed by atoms with Crippen molar-refractivity contribution >= 4 is 12.2 Å². The van der Waals surface area contributed by atoms with E-state index in [9.17, 15) is 4.79 Å². The van der Waals surface area contributed by atoms with E-state index in [1.807, 2.05) is 12.1 Å². The second kappa shape index (κ2) is 3.49. The molecule has 1 aromatic rings. The van der Waals surface area contributed by atoms with E-state index < -0.39 is 0 Å². The fraction of sp³-hybridized carbons (Fsp3) is 0.200. The molecule has 1 amide bonds. The van der Waals surface area contributed by atoms with Crippen LogP contribution >= 0.6 is 0 Å². The highest BCUT2D eigenvalue weighted by molar-refractivity contribution is 5.72. The molecule has 0 saturated carbocycles. The Morgan fingerprint density at radius 2 is 2.50 bits per heavy atom. The predicted octanol–water partition coefficient (Wildman–Crippen LogP) is 1.63. The fourth-order valence-corrected chi connectivity index (χ4v) is 1.38. The number of carbonyl (C=O) groups excluding carboxylic acids is 1. The van der Waals surface area contributed by atoms with Crippen LogP contribution in [0.25, 0.3) is 6.08 Å². The lowest BCUT2D eigenvalue weighted by molar-refractivity contribution is 0.138. The summed E-state index contributed by atoms with van der Waals surface area (Å²) in [6.07, 6.45) is 6.73. The highest BCUT2D eigenvalue weighted by atomic mass is 16.5. The normalized spacial score (nSPS) is 13.6. The van der Waals surface area contributed by atoms with Crippen LogP contribution in [0.1, 0.15) is 11.1 Å². The molecule has 0 N–H and O–H groups in total. The summed E-state index contributed by atoms with van der Waals surface area (Å²) < 4.78 is 4.62. The standard InChI is InChI=1S/C10H10N2O2/c1-14-10(13)12-5-3-8-2-4-11-6-9(8)7-12/h2-6H,7H2,1H3. The zero-order chi connectivity index (χ0) is 9.97. The molecule has 0 fully saturated rings. The van der Waals surface area contributed by atoms with Gasteiger partial charge in [0.2, 0.25) is 0 Å². The van der Waals surface area contributed by atoms with Crippen LogP contribution in [0.2, 0.25) is 0 Å². The summed E-state index contributed by atoms with van der Waals surface area (Å²) in [7, 11) is 1.37. The van der Waals surface area contributed by atoms with Crippen LogP contribution in [0, 0.1) is 0 Å². The van der Waals surface area contributed by atoms with E-state index in [1.165, 1.54) is 12.0 Å². The van der Waals surface area contributed by atoms with Crippen molar-refractivity contribution in [3.05, 3.63) is 35.8 Å². The van der Waals surface area contributed by atoms with Gasteiger partial charge in [-0.3, -0.25) is 9.88 Å². The Labute approximate surface area is 81.8 Å². The van der Waals surface area contributed by atoms with E-state index >= 15 is 0 Å². The molecular formula is C10H10N2O2. The van der Waals surface area contributed by atoms with Crippen LogP contribution in [0.3, 0.4) is 0 Å². The lowest BCUT2D eigenvalue weighted by Crippen LogP contribution is -2.27. The quantitative estimate of drug-likeness (QED) is 0.624. The zero-order valence-corrected chi connectivity index (χ0v) is 7.80. The van der Waals surface area contributed by atoms with E-state index in [2.05, 4.69) is 9.72 Å². The Balaban J connectivity index is 2.25. The van der Waals surface area contributed by atoms with Crippen molar-refractivity contribution in [2.75, 3.05) is 7.11 Å². The molecule has 72 valence electrons. The Kier molecular flexibility index (Phi) is 2.18. The number of carbonyl (C=O) groups is 1. The van der Waals surface area contributed by atoms with Gasteiger partial charge in [-0.15, -0.1) is 0 Å². The van der Waals surface area contributed by atoms with Crippen molar-refractivity contribution in [2.24, 2.45) is 0 Å². The molecule has 0 atom stereocenters. The van der Waals surface area contributed by atoms with E-state index in [4.69, 9.17) is 0 Å². The largest absolute Gasteiger partial charge is 0.452 e. The van der Waals surface area contributed by atoms with Crippen LogP contribution < -0.4 is 0 Å². The molecule has 2 rings (SSSR count). The summed E-state index contributed by atoms with van der Waals surface area (Å²) in [5.74, 6) is 0. The highest BCUT2D eigenvalue weighted by Gasteiger charge is 2.16. The number of fused-ring (bicyclic) bond motifs is 1. The topological polar surface area (TPSA) is 42.4 Å². The third-order valence-corrected chi connectivity index (χ3v) is 2.13. The van der Waals surface area contributed by atoms with E-state index in [0.29, 0.717) is 6.54 Å². The number of rotatable bonds is 0. The summed E-state index contributed by atoms with van der Waals surface area (Å²) >= 11 is 0. The molecule has 14 heavy (non-hydrogen) atoms. The number of pyridine rings is 1. The molecule has 0 bridgehead atoms. The molecular weight excluding hydrogens is 180 g/mol. The minimum absolute atomic E-state index is 0.351. The van der Waals surface area contributed by atoms with E-state index in [-0.39, 0.29) is 6.09 Å². The average molecular weight is 190 g/mol. The van der Waals surface area contributed by atoms with Gasteiger partial charge in [-0.1, -0.05) is 0 Å². The zero-order valence-electron chi connectivity index (χ0n) is 7.80. The van der Waals surface area contributed by atoms with Crippen molar-refractivity contribution in [1.29, 1.82) is 0 Å². The van der Waals surface area contributed by atoms with Gasteiger partial charge in [-0.2, -0.15) is 0 Å². The lowest BCUT2D eigenvalue weighted by atomic mass is 10.1. The molecule has 0 aliphatic carbocycles. The van der Waals surface area contributed by atoms with Crippen molar-refractivity contribution in [3.63, 3.8) is 0 Å². The Morgan fingerprint density at radius 3 is 3.29 bits per heavy atom. The maximum Gasteiger partial charge on any atom is 0.413 e. The molecule has 1 aliphatic heterocycles. The van der Waals surface area contributed by atoms with Gasteiger partial charge in [-0.25, -0.2) is 4.79 Å². The van der Waals surface area contributed by atoms with Crippen molar-refractivity contribution in [3.8, 4) is 0 Å². The minimum atomic E-state index is -0.351. The van der Waals surface area contributed by atoms with Gasteiger partial charge in [0.1, 0.15) is 0 Å². The van der Waals surface area contributed by atoms with Crippen LogP contribution in [-0.2, 0) is 11.3 Å². The van der Waals surface area contributed by atoms with Crippen molar-refractivity contribution < 1.29 is 9.53 Å². The third kappa shape index (κ3) is 1.46.